The summed E-state index contributed by atoms with van der Waals surface area (Å²) in [6, 6.07) is 14.0. The topological polar surface area (TPSA) is 41.6 Å². The Morgan fingerprint density at radius 3 is 2.48 bits per heavy atom. The van der Waals surface area contributed by atoms with Gasteiger partial charge in [0.05, 0.1) is 5.52 Å². The normalized spacial score (nSPS) is 15.8. The Hall–Kier alpha value is -2.24. The van der Waals surface area contributed by atoms with Crippen molar-refractivity contribution in [2.24, 2.45) is 7.05 Å². The van der Waals surface area contributed by atoms with Crippen molar-refractivity contribution in [2.75, 3.05) is 31.1 Å². The Labute approximate surface area is 151 Å². The number of nitrogens with zero attached hydrogens (tertiary/aromatic N) is 3. The fourth-order valence-corrected chi connectivity index (χ4v) is 3.48. The van der Waals surface area contributed by atoms with Gasteiger partial charge in [-0.25, -0.2) is 4.79 Å². The predicted molar refractivity (Wildman–Crippen MR) is 100 cm³/mol. The second kappa shape index (κ2) is 6.58. The summed E-state index contributed by atoms with van der Waals surface area (Å²) in [5.41, 5.74) is 3.88. The molecule has 6 heteroatoms. The van der Waals surface area contributed by atoms with Gasteiger partial charge in [-0.1, -0.05) is 17.7 Å². The van der Waals surface area contributed by atoms with Crippen molar-refractivity contribution >= 4 is 28.4 Å². The Kier molecular flexibility index (Phi) is 4.27. The van der Waals surface area contributed by atoms with E-state index < -0.39 is 0 Å². The van der Waals surface area contributed by atoms with Crippen LogP contribution in [0.15, 0.2) is 51.7 Å². The molecule has 130 valence electrons. The van der Waals surface area contributed by atoms with Crippen molar-refractivity contribution < 1.29 is 4.42 Å². The van der Waals surface area contributed by atoms with E-state index in [4.69, 9.17) is 16.0 Å². The monoisotopic (exact) mass is 357 g/mol. The standard InChI is InChI=1S/C19H20ClN3O2/c1-21-17-7-2-14(12-18(17)25-19(21)24)13-22-8-10-23(11-9-22)16-5-3-15(20)4-6-16/h2-7,12H,8-11,13H2,1H3. The second-order valence-electron chi connectivity index (χ2n) is 6.47. The lowest BCUT2D eigenvalue weighted by Gasteiger charge is -2.36. The van der Waals surface area contributed by atoms with Crippen molar-refractivity contribution in [3.05, 3.63) is 63.6 Å². The molecule has 0 unspecified atom stereocenters. The van der Waals surface area contributed by atoms with Crippen LogP contribution in [0.3, 0.4) is 0 Å². The maximum Gasteiger partial charge on any atom is 0.419 e. The van der Waals surface area contributed by atoms with Crippen LogP contribution >= 0.6 is 11.6 Å². The minimum absolute atomic E-state index is 0.316. The molecule has 1 aliphatic rings. The number of hydrogen-bond donors (Lipinski definition) is 0. The fourth-order valence-electron chi connectivity index (χ4n) is 3.35. The fraction of sp³-hybridized carbons (Fsp3) is 0.316. The van der Waals surface area contributed by atoms with Crippen LogP contribution < -0.4 is 10.7 Å². The van der Waals surface area contributed by atoms with Crippen LogP contribution in [-0.2, 0) is 13.6 Å². The molecule has 25 heavy (non-hydrogen) atoms. The van der Waals surface area contributed by atoms with Gasteiger partial charge in [0.1, 0.15) is 0 Å². The zero-order chi connectivity index (χ0) is 17.4. The van der Waals surface area contributed by atoms with E-state index in [1.54, 1.807) is 7.05 Å². The summed E-state index contributed by atoms with van der Waals surface area (Å²) in [6.07, 6.45) is 0. The van der Waals surface area contributed by atoms with Crippen molar-refractivity contribution in [1.82, 2.24) is 9.47 Å². The summed E-state index contributed by atoms with van der Waals surface area (Å²) < 4.78 is 6.81. The zero-order valence-corrected chi connectivity index (χ0v) is 14.9. The van der Waals surface area contributed by atoms with Crippen molar-refractivity contribution in [1.29, 1.82) is 0 Å². The highest BCUT2D eigenvalue weighted by atomic mass is 35.5. The molecule has 1 fully saturated rings. The summed E-state index contributed by atoms with van der Waals surface area (Å²) in [7, 11) is 1.73. The first-order valence-corrected chi connectivity index (χ1v) is 8.79. The average molecular weight is 358 g/mol. The molecule has 1 saturated heterocycles. The Balaban J connectivity index is 1.41. The SMILES string of the molecule is Cn1c(=O)oc2cc(CN3CCN(c4ccc(Cl)cc4)CC3)ccc21. The third-order valence-corrected chi connectivity index (χ3v) is 5.08. The number of fused-ring (bicyclic) bond motifs is 1. The molecule has 2 heterocycles. The number of rotatable bonds is 3. The Bertz CT molecular complexity index is 937. The van der Waals surface area contributed by atoms with E-state index in [2.05, 4.69) is 28.0 Å². The van der Waals surface area contributed by atoms with Gasteiger partial charge >= 0.3 is 5.76 Å². The van der Waals surface area contributed by atoms with Gasteiger partial charge in [0.2, 0.25) is 0 Å². The molecule has 0 N–H and O–H groups in total. The molecule has 1 aromatic heterocycles. The van der Waals surface area contributed by atoms with Gasteiger partial charge in [-0.05, 0) is 42.0 Å². The van der Waals surface area contributed by atoms with E-state index in [9.17, 15) is 4.79 Å². The maximum absolute atomic E-state index is 11.6. The van der Waals surface area contributed by atoms with Crippen molar-refractivity contribution in [3.8, 4) is 0 Å². The number of halogens is 1. The molecule has 0 atom stereocenters. The van der Waals surface area contributed by atoms with Gasteiger partial charge in [-0.2, -0.15) is 0 Å². The molecule has 0 aliphatic carbocycles. The first kappa shape index (κ1) is 16.2. The molecule has 4 rings (SSSR count). The quantitative estimate of drug-likeness (QED) is 0.722. The highest BCUT2D eigenvalue weighted by Gasteiger charge is 2.18. The zero-order valence-electron chi connectivity index (χ0n) is 14.1. The highest BCUT2D eigenvalue weighted by molar-refractivity contribution is 6.30. The molecule has 0 saturated carbocycles. The van der Waals surface area contributed by atoms with Crippen LogP contribution in [0.4, 0.5) is 5.69 Å². The Morgan fingerprint density at radius 1 is 1.04 bits per heavy atom. The molecule has 0 radical (unpaired) electrons. The predicted octanol–water partition coefficient (Wildman–Crippen LogP) is 3.11. The van der Waals surface area contributed by atoms with E-state index in [1.807, 2.05) is 24.3 Å². The van der Waals surface area contributed by atoms with Gasteiger partial charge in [0.15, 0.2) is 5.58 Å². The lowest BCUT2D eigenvalue weighted by molar-refractivity contribution is 0.250. The first-order valence-electron chi connectivity index (χ1n) is 8.41. The smallest absolute Gasteiger partial charge is 0.408 e. The van der Waals surface area contributed by atoms with Gasteiger partial charge in [0.25, 0.3) is 0 Å². The van der Waals surface area contributed by atoms with Crippen molar-refractivity contribution in [3.63, 3.8) is 0 Å². The number of oxazole rings is 1. The molecule has 0 spiro atoms. The van der Waals surface area contributed by atoms with Crippen LogP contribution in [0, 0.1) is 0 Å². The molecule has 2 aromatic carbocycles. The second-order valence-corrected chi connectivity index (χ2v) is 6.91. The average Bonchev–Trinajstić information content (AvgIpc) is 2.90. The van der Waals surface area contributed by atoms with Crippen LogP contribution in [0.1, 0.15) is 5.56 Å². The number of aryl methyl sites for hydroxylation is 1. The number of aromatic nitrogens is 1. The number of hydrogen-bond acceptors (Lipinski definition) is 4. The van der Waals surface area contributed by atoms with Gasteiger partial charge in [-0.3, -0.25) is 9.47 Å². The lowest BCUT2D eigenvalue weighted by atomic mass is 10.1. The third kappa shape index (κ3) is 3.30. The first-order chi connectivity index (χ1) is 12.1. The molecular weight excluding hydrogens is 338 g/mol. The third-order valence-electron chi connectivity index (χ3n) is 4.83. The minimum atomic E-state index is -0.316. The summed E-state index contributed by atoms with van der Waals surface area (Å²) in [6.45, 7) is 4.84. The maximum atomic E-state index is 11.6. The van der Waals surface area contributed by atoms with Gasteiger partial charge in [0, 0.05) is 50.5 Å². The van der Waals surface area contributed by atoms with E-state index in [0.29, 0.717) is 5.58 Å². The van der Waals surface area contributed by atoms with Crippen LogP contribution in [0.25, 0.3) is 11.1 Å². The number of benzene rings is 2. The summed E-state index contributed by atoms with van der Waals surface area (Å²) in [4.78, 5) is 16.4. The largest absolute Gasteiger partial charge is 0.419 e. The van der Waals surface area contributed by atoms with E-state index in [-0.39, 0.29) is 5.76 Å². The number of anilines is 1. The molecule has 0 amide bonds. The Morgan fingerprint density at radius 2 is 1.76 bits per heavy atom. The molecular formula is C19H20ClN3O2. The summed E-state index contributed by atoms with van der Waals surface area (Å²) in [5, 5.41) is 0.769. The van der Waals surface area contributed by atoms with E-state index in [0.717, 1.165) is 43.3 Å². The van der Waals surface area contributed by atoms with E-state index in [1.165, 1.54) is 15.8 Å². The van der Waals surface area contributed by atoms with E-state index >= 15 is 0 Å². The molecule has 0 bridgehead atoms. The molecule has 3 aromatic rings. The van der Waals surface area contributed by atoms with Crippen LogP contribution in [0.5, 0.6) is 0 Å². The number of piperazine rings is 1. The minimum Gasteiger partial charge on any atom is -0.408 e. The molecule has 1 aliphatic heterocycles. The van der Waals surface area contributed by atoms with Crippen LogP contribution in [0.2, 0.25) is 5.02 Å². The van der Waals surface area contributed by atoms with Crippen molar-refractivity contribution in [2.45, 2.75) is 6.54 Å². The van der Waals surface area contributed by atoms with Crippen LogP contribution in [-0.4, -0.2) is 35.6 Å². The van der Waals surface area contributed by atoms with Gasteiger partial charge in [-0.15, -0.1) is 0 Å². The summed E-state index contributed by atoms with van der Waals surface area (Å²) in [5.74, 6) is -0.316. The van der Waals surface area contributed by atoms with Gasteiger partial charge < -0.3 is 9.32 Å². The lowest BCUT2D eigenvalue weighted by Crippen LogP contribution is -2.45. The summed E-state index contributed by atoms with van der Waals surface area (Å²) >= 11 is 5.96. The highest BCUT2D eigenvalue weighted by Crippen LogP contribution is 2.21. The molecule has 5 nitrogen and oxygen atoms in total.